The summed E-state index contributed by atoms with van der Waals surface area (Å²) in [4.78, 5) is 23.4. The number of hydrogen-bond donors (Lipinski definition) is 3. The Bertz CT molecular complexity index is 984. The largest absolute Gasteiger partial charge is 0.383 e. The average molecular weight is 449 g/mol. The molecule has 1 aromatic carbocycles. The molecule has 1 saturated carbocycles. The number of rotatable bonds is 3. The second kappa shape index (κ2) is 8.21. The number of halogens is 2. The highest BCUT2D eigenvalue weighted by Gasteiger charge is 2.38. The number of fused-ring (bicyclic) bond motifs is 2. The Morgan fingerprint density at radius 3 is 2.77 bits per heavy atom. The SMILES string of the molecule is NC(=O)c1nc(N2C[C@H]3CCCCC[C@@](N)(C3)C2)nc(N)c1-c1cccc(Cl)c1Cl. The molecule has 1 amide bonds. The van der Waals surface area contributed by atoms with Crippen molar-refractivity contribution in [1.29, 1.82) is 0 Å². The van der Waals surface area contributed by atoms with E-state index in [2.05, 4.69) is 9.97 Å². The van der Waals surface area contributed by atoms with E-state index in [0.717, 1.165) is 32.2 Å². The lowest BCUT2D eigenvalue weighted by atomic mass is 9.76. The van der Waals surface area contributed by atoms with E-state index in [9.17, 15) is 4.79 Å². The molecule has 2 aromatic rings. The number of piperidine rings is 1. The van der Waals surface area contributed by atoms with Crippen LogP contribution < -0.4 is 22.1 Å². The summed E-state index contributed by atoms with van der Waals surface area (Å²) >= 11 is 12.5. The molecule has 0 radical (unpaired) electrons. The van der Waals surface area contributed by atoms with Gasteiger partial charge >= 0.3 is 0 Å². The number of anilines is 2. The van der Waals surface area contributed by atoms with Crippen LogP contribution in [0, 0.1) is 5.92 Å². The fourth-order valence-electron chi connectivity index (χ4n) is 4.82. The Balaban J connectivity index is 1.77. The summed E-state index contributed by atoms with van der Waals surface area (Å²) in [6, 6.07) is 5.09. The summed E-state index contributed by atoms with van der Waals surface area (Å²) in [5.41, 5.74) is 19.2. The minimum absolute atomic E-state index is 0.0264. The third-order valence-corrected chi connectivity index (χ3v) is 6.95. The molecular formula is C21H26Cl2N6O. The molecule has 1 aliphatic heterocycles. The second-order valence-corrected chi connectivity index (χ2v) is 9.30. The first kappa shape index (κ1) is 21.2. The maximum atomic E-state index is 12.3. The topological polar surface area (TPSA) is 124 Å². The lowest BCUT2D eigenvalue weighted by molar-refractivity contribution is 0.0996. The highest BCUT2D eigenvalue weighted by molar-refractivity contribution is 6.44. The number of nitrogens with zero attached hydrogens (tertiary/aromatic N) is 3. The van der Waals surface area contributed by atoms with Gasteiger partial charge in [0.1, 0.15) is 11.5 Å². The quantitative estimate of drug-likeness (QED) is 0.658. The van der Waals surface area contributed by atoms with Gasteiger partial charge in [-0.25, -0.2) is 4.98 Å². The van der Waals surface area contributed by atoms with Crippen molar-refractivity contribution < 1.29 is 4.79 Å². The molecule has 2 atom stereocenters. The maximum absolute atomic E-state index is 12.3. The number of aromatic nitrogens is 2. The van der Waals surface area contributed by atoms with Crippen LogP contribution in [0.15, 0.2) is 18.2 Å². The van der Waals surface area contributed by atoms with Crippen LogP contribution in [0.3, 0.4) is 0 Å². The van der Waals surface area contributed by atoms with Gasteiger partial charge in [-0.2, -0.15) is 4.98 Å². The molecule has 9 heteroatoms. The van der Waals surface area contributed by atoms with Gasteiger partial charge in [-0.1, -0.05) is 54.6 Å². The Labute approximate surface area is 185 Å². The third-order valence-electron chi connectivity index (χ3n) is 6.13. The molecule has 2 heterocycles. The fraction of sp³-hybridized carbons (Fsp3) is 0.476. The number of nitrogens with two attached hydrogens (primary N) is 3. The first-order chi connectivity index (χ1) is 14.3. The van der Waals surface area contributed by atoms with Gasteiger partial charge in [0.25, 0.3) is 5.91 Å². The number of benzene rings is 1. The highest BCUT2D eigenvalue weighted by atomic mass is 35.5. The molecule has 0 spiro atoms. The third kappa shape index (κ3) is 4.06. The Kier molecular flexibility index (Phi) is 5.79. The van der Waals surface area contributed by atoms with Crippen LogP contribution in [0.1, 0.15) is 49.0 Å². The van der Waals surface area contributed by atoms with Gasteiger partial charge in [-0.3, -0.25) is 4.79 Å². The first-order valence-corrected chi connectivity index (χ1v) is 11.0. The van der Waals surface area contributed by atoms with E-state index in [-0.39, 0.29) is 22.1 Å². The number of carbonyl (C=O) groups is 1. The van der Waals surface area contributed by atoms with Crippen molar-refractivity contribution in [1.82, 2.24) is 9.97 Å². The van der Waals surface area contributed by atoms with Gasteiger partial charge in [-0.05, 0) is 31.2 Å². The van der Waals surface area contributed by atoms with Gasteiger partial charge in [0, 0.05) is 24.2 Å². The molecule has 1 saturated heterocycles. The van der Waals surface area contributed by atoms with Crippen molar-refractivity contribution in [2.75, 3.05) is 23.7 Å². The zero-order valence-corrected chi connectivity index (χ0v) is 18.2. The van der Waals surface area contributed by atoms with Gasteiger partial charge in [0.2, 0.25) is 5.95 Å². The predicted octanol–water partition coefficient (Wildman–Crippen LogP) is 3.62. The van der Waals surface area contributed by atoms with Crippen molar-refractivity contribution in [2.45, 2.75) is 44.1 Å². The number of carbonyl (C=O) groups excluding carboxylic acids is 1. The van der Waals surface area contributed by atoms with Gasteiger partial charge in [-0.15, -0.1) is 0 Å². The van der Waals surface area contributed by atoms with E-state index >= 15 is 0 Å². The van der Waals surface area contributed by atoms with E-state index in [1.54, 1.807) is 18.2 Å². The summed E-state index contributed by atoms with van der Waals surface area (Å²) in [5, 5.41) is 0.611. The highest BCUT2D eigenvalue weighted by Crippen LogP contribution is 2.39. The van der Waals surface area contributed by atoms with Crippen LogP contribution in [0.5, 0.6) is 0 Å². The summed E-state index contributed by atoms with van der Waals surface area (Å²) in [7, 11) is 0. The summed E-state index contributed by atoms with van der Waals surface area (Å²) in [6.45, 7) is 1.41. The molecule has 4 rings (SSSR count). The lowest BCUT2D eigenvalue weighted by Crippen LogP contribution is -2.58. The van der Waals surface area contributed by atoms with Gasteiger partial charge < -0.3 is 22.1 Å². The van der Waals surface area contributed by atoms with Crippen molar-refractivity contribution in [3.05, 3.63) is 33.9 Å². The smallest absolute Gasteiger partial charge is 0.268 e. The summed E-state index contributed by atoms with van der Waals surface area (Å²) in [5.74, 6) is 0.274. The van der Waals surface area contributed by atoms with E-state index in [1.807, 2.05) is 4.90 Å². The molecular weight excluding hydrogens is 423 g/mol. The van der Waals surface area contributed by atoms with Crippen LogP contribution in [-0.4, -0.2) is 34.5 Å². The second-order valence-electron chi connectivity index (χ2n) is 8.51. The van der Waals surface area contributed by atoms with Crippen LogP contribution in [0.25, 0.3) is 11.1 Å². The predicted molar refractivity (Wildman–Crippen MR) is 121 cm³/mol. The summed E-state index contributed by atoms with van der Waals surface area (Å²) < 4.78 is 0. The van der Waals surface area contributed by atoms with Gasteiger partial charge in [0.15, 0.2) is 0 Å². The molecule has 1 aromatic heterocycles. The molecule has 2 bridgehead atoms. The lowest BCUT2D eigenvalue weighted by Gasteiger charge is -2.45. The Morgan fingerprint density at radius 1 is 1.20 bits per heavy atom. The van der Waals surface area contributed by atoms with Crippen molar-refractivity contribution in [2.24, 2.45) is 17.4 Å². The number of nitrogen functional groups attached to an aromatic ring is 1. The fourth-order valence-corrected chi connectivity index (χ4v) is 5.22. The minimum Gasteiger partial charge on any atom is -0.383 e. The molecule has 30 heavy (non-hydrogen) atoms. The van der Waals surface area contributed by atoms with Crippen LogP contribution in [-0.2, 0) is 0 Å². The molecule has 6 N–H and O–H groups in total. The van der Waals surface area contributed by atoms with Crippen molar-refractivity contribution in [3.63, 3.8) is 0 Å². The van der Waals surface area contributed by atoms with Crippen LogP contribution in [0.4, 0.5) is 11.8 Å². The van der Waals surface area contributed by atoms with Gasteiger partial charge in [0.05, 0.1) is 15.6 Å². The molecule has 1 aliphatic carbocycles. The number of hydrogen-bond acceptors (Lipinski definition) is 6. The molecule has 2 fully saturated rings. The Morgan fingerprint density at radius 2 is 2.00 bits per heavy atom. The summed E-state index contributed by atoms with van der Waals surface area (Å²) in [6.07, 6.45) is 6.64. The zero-order chi connectivity index (χ0) is 21.5. The minimum atomic E-state index is -0.704. The molecule has 160 valence electrons. The Hall–Kier alpha value is -2.09. The molecule has 0 unspecified atom stereocenters. The van der Waals surface area contributed by atoms with E-state index in [4.69, 9.17) is 40.4 Å². The normalized spacial score (nSPS) is 24.2. The van der Waals surface area contributed by atoms with E-state index in [0.29, 0.717) is 34.6 Å². The zero-order valence-electron chi connectivity index (χ0n) is 16.7. The molecule has 2 aliphatic rings. The first-order valence-electron chi connectivity index (χ1n) is 10.2. The monoisotopic (exact) mass is 448 g/mol. The maximum Gasteiger partial charge on any atom is 0.268 e. The molecule has 7 nitrogen and oxygen atoms in total. The standard InChI is InChI=1S/C21H26Cl2N6O/c22-14-7-4-6-13(16(14)23)15-17(19(25)30)27-20(28-18(15)24)29-10-12-5-2-1-3-8-21(26,9-12)11-29/h4,6-7,12H,1-3,5,8-11,26H2,(H2,25,30)(H2,24,27,28)/t12-,21+/m0/s1. The van der Waals surface area contributed by atoms with E-state index in [1.165, 1.54) is 12.8 Å². The van der Waals surface area contributed by atoms with Crippen LogP contribution in [0.2, 0.25) is 10.0 Å². The van der Waals surface area contributed by atoms with Crippen molar-refractivity contribution in [3.8, 4) is 11.1 Å². The van der Waals surface area contributed by atoms with E-state index < -0.39 is 5.91 Å². The number of amides is 1. The number of primary amides is 1. The van der Waals surface area contributed by atoms with Crippen molar-refractivity contribution >= 4 is 40.9 Å². The van der Waals surface area contributed by atoms with Crippen LogP contribution >= 0.6 is 23.2 Å². The average Bonchev–Trinajstić information content (AvgIpc) is 2.68.